The molecule has 1 aliphatic rings. The quantitative estimate of drug-likeness (QED) is 0.281. The molecule has 0 amide bonds. The van der Waals surface area contributed by atoms with Crippen molar-refractivity contribution >= 4 is 43.2 Å². The predicted molar refractivity (Wildman–Crippen MR) is 119 cm³/mol. The van der Waals surface area contributed by atoms with Gasteiger partial charge in [-0.2, -0.15) is 0 Å². The minimum absolute atomic E-state index is 1.04. The van der Waals surface area contributed by atoms with Crippen LogP contribution < -0.4 is 0 Å². The lowest BCUT2D eigenvalue weighted by atomic mass is 9.94. The van der Waals surface area contributed by atoms with Gasteiger partial charge in [0.05, 0.1) is 5.52 Å². The Bertz CT molecular complexity index is 1610. The Morgan fingerprint density at radius 1 is 0.500 bits per heavy atom. The Morgan fingerprint density at radius 3 is 2.21 bits per heavy atom. The number of pyridine rings is 1. The van der Waals surface area contributed by atoms with Gasteiger partial charge in [-0.25, -0.2) is 0 Å². The summed E-state index contributed by atoms with van der Waals surface area (Å²) in [6.07, 6.45) is 2.01. The molecule has 1 aromatic heterocycles. The zero-order valence-corrected chi connectivity index (χ0v) is 15.1. The third-order valence-corrected chi connectivity index (χ3v) is 6.19. The fourth-order valence-corrected chi connectivity index (χ4v) is 4.96. The van der Waals surface area contributed by atoms with Crippen LogP contribution in [0.15, 0.2) is 91.1 Å². The van der Waals surface area contributed by atoms with Crippen molar-refractivity contribution < 1.29 is 0 Å². The number of hydrogen-bond donors (Lipinski definition) is 0. The Balaban J connectivity index is 1.63. The van der Waals surface area contributed by atoms with Crippen molar-refractivity contribution in [2.24, 2.45) is 0 Å². The van der Waals surface area contributed by atoms with Gasteiger partial charge in [-0.3, -0.25) is 4.98 Å². The summed E-state index contributed by atoms with van der Waals surface area (Å²) in [5.41, 5.74) is 6.18. The molecular formula is C27H15N. The van der Waals surface area contributed by atoms with Gasteiger partial charge in [-0.1, -0.05) is 72.8 Å². The summed E-state index contributed by atoms with van der Waals surface area (Å²) in [6.45, 7) is 0. The van der Waals surface area contributed by atoms with Gasteiger partial charge >= 0.3 is 0 Å². The van der Waals surface area contributed by atoms with Crippen molar-refractivity contribution in [3.63, 3.8) is 0 Å². The summed E-state index contributed by atoms with van der Waals surface area (Å²) in [5, 5.41) is 9.31. The summed E-state index contributed by atoms with van der Waals surface area (Å²) in [6, 6.07) is 30.8. The summed E-state index contributed by atoms with van der Waals surface area (Å²) in [4.78, 5) is 4.70. The fraction of sp³-hybridized carbons (Fsp3) is 0. The second kappa shape index (κ2) is 4.96. The van der Waals surface area contributed by atoms with Crippen molar-refractivity contribution in [3.05, 3.63) is 91.1 Å². The number of nitrogens with zero attached hydrogens (tertiary/aromatic N) is 1. The second-order valence-corrected chi connectivity index (χ2v) is 7.63. The summed E-state index contributed by atoms with van der Waals surface area (Å²) >= 11 is 0. The van der Waals surface area contributed by atoms with Crippen LogP contribution >= 0.6 is 0 Å². The number of rotatable bonds is 1. The molecule has 1 heterocycles. The molecule has 1 heteroatoms. The van der Waals surface area contributed by atoms with Gasteiger partial charge in [0.2, 0.25) is 0 Å². The van der Waals surface area contributed by atoms with Crippen molar-refractivity contribution in [2.45, 2.75) is 0 Å². The summed E-state index contributed by atoms with van der Waals surface area (Å²) in [7, 11) is 0. The first-order valence-electron chi connectivity index (χ1n) is 9.65. The highest BCUT2D eigenvalue weighted by Crippen LogP contribution is 2.49. The van der Waals surface area contributed by atoms with E-state index in [0.29, 0.717) is 0 Å². The lowest BCUT2D eigenvalue weighted by Gasteiger charge is -2.10. The number of hydrogen-bond acceptors (Lipinski definition) is 1. The van der Waals surface area contributed by atoms with Crippen LogP contribution in [0.25, 0.3) is 65.5 Å². The fourth-order valence-electron chi connectivity index (χ4n) is 4.96. The molecule has 0 spiro atoms. The maximum absolute atomic E-state index is 4.70. The molecule has 0 aliphatic heterocycles. The largest absolute Gasteiger partial charge is 0.256 e. The smallest absolute Gasteiger partial charge is 0.0702 e. The van der Waals surface area contributed by atoms with E-state index in [1.165, 1.54) is 60.0 Å². The molecule has 128 valence electrons. The first-order valence-corrected chi connectivity index (χ1v) is 9.65. The van der Waals surface area contributed by atoms with Gasteiger partial charge in [0.25, 0.3) is 0 Å². The van der Waals surface area contributed by atoms with E-state index in [0.717, 1.165) is 5.52 Å². The molecule has 0 bridgehead atoms. The highest BCUT2D eigenvalue weighted by molar-refractivity contribution is 6.34. The van der Waals surface area contributed by atoms with Crippen molar-refractivity contribution in [3.8, 4) is 22.3 Å². The summed E-state index contributed by atoms with van der Waals surface area (Å²) < 4.78 is 0. The normalized spacial score (nSPS) is 12.3. The standard InChI is InChI=1S/C27H15N/c1-2-7-24-18(4-1)14-19(15-28-24)20-12-13-23-21-6-3-5-16-8-9-17-10-11-22(20)27(23)26(17)25(16)21/h1-15H. The maximum Gasteiger partial charge on any atom is 0.0702 e. The summed E-state index contributed by atoms with van der Waals surface area (Å²) in [5.74, 6) is 0. The molecule has 7 rings (SSSR count). The Morgan fingerprint density at radius 2 is 1.25 bits per heavy atom. The van der Waals surface area contributed by atoms with Crippen LogP contribution in [-0.2, 0) is 0 Å². The van der Waals surface area contributed by atoms with E-state index >= 15 is 0 Å². The van der Waals surface area contributed by atoms with E-state index in [9.17, 15) is 0 Å². The molecule has 5 aromatic carbocycles. The Kier molecular flexibility index (Phi) is 2.54. The number of fused-ring (bicyclic) bond motifs is 2. The van der Waals surface area contributed by atoms with E-state index in [1.807, 2.05) is 12.3 Å². The predicted octanol–water partition coefficient (Wildman–Crippen LogP) is 7.34. The van der Waals surface area contributed by atoms with Gasteiger partial charge in [0.15, 0.2) is 0 Å². The van der Waals surface area contributed by atoms with E-state index < -0.39 is 0 Å². The molecule has 1 aliphatic carbocycles. The van der Waals surface area contributed by atoms with Gasteiger partial charge < -0.3 is 0 Å². The van der Waals surface area contributed by atoms with Crippen LogP contribution in [0.4, 0.5) is 0 Å². The zero-order valence-electron chi connectivity index (χ0n) is 15.1. The van der Waals surface area contributed by atoms with Gasteiger partial charge in [-0.05, 0) is 61.1 Å². The van der Waals surface area contributed by atoms with Crippen molar-refractivity contribution in [1.82, 2.24) is 4.98 Å². The molecule has 1 nitrogen and oxygen atoms in total. The SMILES string of the molecule is c1ccc2ncc(-c3ccc4c5c3ccc3ccc6cccc-4c6c35)cc2c1. The lowest BCUT2D eigenvalue weighted by molar-refractivity contribution is 1.41. The molecular weight excluding hydrogens is 338 g/mol. The molecule has 0 fully saturated rings. The molecule has 28 heavy (non-hydrogen) atoms. The van der Waals surface area contributed by atoms with E-state index in [-0.39, 0.29) is 0 Å². The van der Waals surface area contributed by atoms with Crippen LogP contribution in [0.1, 0.15) is 0 Å². The van der Waals surface area contributed by atoms with Gasteiger partial charge in [-0.15, -0.1) is 0 Å². The number of para-hydroxylation sites is 1. The molecule has 0 saturated carbocycles. The van der Waals surface area contributed by atoms with Crippen molar-refractivity contribution in [1.29, 1.82) is 0 Å². The van der Waals surface area contributed by atoms with Crippen LogP contribution in [0.5, 0.6) is 0 Å². The van der Waals surface area contributed by atoms with E-state index in [4.69, 9.17) is 4.98 Å². The Labute approximate surface area is 161 Å². The van der Waals surface area contributed by atoms with E-state index in [2.05, 4.69) is 78.9 Å². The molecule has 0 N–H and O–H groups in total. The lowest BCUT2D eigenvalue weighted by Crippen LogP contribution is -1.86. The first kappa shape index (κ1) is 14.4. The van der Waals surface area contributed by atoms with Crippen LogP contribution in [-0.4, -0.2) is 4.98 Å². The Hall–Kier alpha value is -3.71. The van der Waals surface area contributed by atoms with Crippen molar-refractivity contribution in [2.75, 3.05) is 0 Å². The average molecular weight is 353 g/mol. The zero-order chi connectivity index (χ0) is 18.2. The van der Waals surface area contributed by atoms with Gasteiger partial charge in [0.1, 0.15) is 0 Å². The molecule has 0 atom stereocenters. The average Bonchev–Trinajstić information content (AvgIpc) is 3.11. The number of benzene rings is 5. The minimum Gasteiger partial charge on any atom is -0.256 e. The monoisotopic (exact) mass is 353 g/mol. The van der Waals surface area contributed by atoms with Crippen LogP contribution in [0, 0.1) is 0 Å². The molecule has 6 aromatic rings. The highest BCUT2D eigenvalue weighted by Gasteiger charge is 2.21. The molecule has 0 unspecified atom stereocenters. The highest BCUT2D eigenvalue weighted by atomic mass is 14.6. The number of aromatic nitrogens is 1. The second-order valence-electron chi connectivity index (χ2n) is 7.63. The molecule has 0 saturated heterocycles. The molecule has 0 radical (unpaired) electrons. The topological polar surface area (TPSA) is 12.9 Å². The minimum atomic E-state index is 1.04. The first-order chi connectivity index (χ1) is 13.9. The van der Waals surface area contributed by atoms with Gasteiger partial charge in [0, 0.05) is 17.1 Å². The maximum atomic E-state index is 4.70. The third-order valence-electron chi connectivity index (χ3n) is 6.19. The van der Waals surface area contributed by atoms with E-state index in [1.54, 1.807) is 0 Å². The van der Waals surface area contributed by atoms with Crippen LogP contribution in [0.3, 0.4) is 0 Å². The van der Waals surface area contributed by atoms with Crippen LogP contribution in [0.2, 0.25) is 0 Å². The third kappa shape index (κ3) is 1.69.